The first-order valence-electron chi connectivity index (χ1n) is 7.23. The molecule has 0 aliphatic carbocycles. The highest BCUT2D eigenvalue weighted by atomic mass is 32.8. The summed E-state index contributed by atoms with van der Waals surface area (Å²) in [5.41, 5.74) is 1.18. The minimum Gasteiger partial charge on any atom is -0.315 e. The van der Waals surface area contributed by atoms with E-state index < -0.39 is 16.0 Å². The third kappa shape index (κ3) is 3.69. The molecule has 1 aromatic carbocycles. The molecular formula is C14H15N4O3PS3. The van der Waals surface area contributed by atoms with Crippen molar-refractivity contribution in [2.24, 2.45) is 0 Å². The van der Waals surface area contributed by atoms with Crippen LogP contribution in [0.25, 0.3) is 5.69 Å². The number of nitrogens with zero attached hydrogens (tertiary/aromatic N) is 4. The molecule has 2 aromatic rings. The molecule has 1 saturated heterocycles. The summed E-state index contributed by atoms with van der Waals surface area (Å²) in [5.74, 6) is -0.163. The van der Waals surface area contributed by atoms with Crippen molar-refractivity contribution in [3.05, 3.63) is 47.1 Å². The first kappa shape index (κ1) is 18.6. The van der Waals surface area contributed by atoms with Gasteiger partial charge in [0.05, 0.1) is 21.8 Å². The number of carbonyl (C=O) groups excluding carboxylic acids is 1. The summed E-state index contributed by atoms with van der Waals surface area (Å²) < 4.78 is 12.2. The maximum atomic E-state index is 12.6. The summed E-state index contributed by atoms with van der Waals surface area (Å²) in [5, 5.41) is 0.780. The topological polar surface area (TPSA) is 78.7 Å². The number of hydrogen-bond acceptors (Lipinski definition) is 5. The van der Waals surface area contributed by atoms with Crippen molar-refractivity contribution in [3.63, 3.8) is 0 Å². The van der Waals surface area contributed by atoms with Gasteiger partial charge in [0.15, 0.2) is 0 Å². The predicted molar refractivity (Wildman–Crippen MR) is 108 cm³/mol. The van der Waals surface area contributed by atoms with Crippen LogP contribution in [-0.4, -0.2) is 36.3 Å². The minimum atomic E-state index is -1.49. The molecule has 1 amide bonds. The van der Waals surface area contributed by atoms with Gasteiger partial charge in [0.25, 0.3) is 5.56 Å². The van der Waals surface area contributed by atoms with Gasteiger partial charge >= 0.3 is 0 Å². The summed E-state index contributed by atoms with van der Waals surface area (Å²) >= 11 is 8.90. The quantitative estimate of drug-likeness (QED) is 0.559. The van der Waals surface area contributed by atoms with Gasteiger partial charge in [-0.25, -0.2) is 0 Å². The molecule has 0 radical (unpaired) electrons. The second kappa shape index (κ2) is 7.61. The lowest BCUT2D eigenvalue weighted by Gasteiger charge is -2.22. The van der Waals surface area contributed by atoms with Crippen molar-refractivity contribution >= 4 is 60.1 Å². The predicted octanol–water partition coefficient (Wildman–Crippen LogP) is 0.453. The highest BCUT2D eigenvalue weighted by molar-refractivity contribution is 8.27. The fourth-order valence-electron chi connectivity index (χ4n) is 2.72. The molecule has 0 spiro atoms. The van der Waals surface area contributed by atoms with E-state index in [0.29, 0.717) is 18.7 Å². The third-order valence-corrected chi connectivity index (χ3v) is 6.50. The Hall–Kier alpha value is -1.16. The number of carbonyl (C=O) groups is 1. The molecule has 1 aliphatic heterocycles. The van der Waals surface area contributed by atoms with Crippen LogP contribution in [0.5, 0.6) is 0 Å². The Labute approximate surface area is 159 Å². The molecular weight excluding hydrogens is 399 g/mol. The molecule has 3 atom stereocenters. The molecule has 11 heteroatoms. The average molecular weight is 414 g/mol. The van der Waals surface area contributed by atoms with E-state index >= 15 is 0 Å². The van der Waals surface area contributed by atoms with Gasteiger partial charge in [-0.3, -0.25) is 19.1 Å². The van der Waals surface area contributed by atoms with E-state index in [0.717, 1.165) is 11.0 Å². The van der Waals surface area contributed by atoms with Crippen molar-refractivity contribution < 1.29 is 9.35 Å². The van der Waals surface area contributed by atoms with Gasteiger partial charge in [-0.05, 0) is 41.1 Å². The lowest BCUT2D eigenvalue weighted by atomic mass is 10.2. The van der Waals surface area contributed by atoms with Gasteiger partial charge in [0.2, 0.25) is 5.91 Å². The number of anilines is 1. The van der Waals surface area contributed by atoms with Gasteiger partial charge in [-0.15, -0.1) is 9.24 Å². The second-order valence-electron chi connectivity index (χ2n) is 5.36. The first-order chi connectivity index (χ1) is 11.9. The number of hydrogen-bond donors (Lipinski definition) is 2. The largest absolute Gasteiger partial charge is 0.315 e. The van der Waals surface area contributed by atoms with E-state index in [2.05, 4.69) is 27.0 Å². The highest BCUT2D eigenvalue weighted by Crippen LogP contribution is 2.26. The molecule has 25 heavy (non-hydrogen) atoms. The molecule has 1 aromatic heterocycles. The van der Waals surface area contributed by atoms with E-state index in [1.54, 1.807) is 23.2 Å². The summed E-state index contributed by atoms with van der Waals surface area (Å²) in [7, 11) is 1.09. The number of amides is 1. The molecule has 3 rings (SSSR count). The SMILES string of the molecule is O=C1C(N(S)S(O)=S)CCN1c1ccc(-n2ccncc2=O)cc1P. The lowest BCUT2D eigenvalue weighted by Crippen LogP contribution is -2.38. The van der Waals surface area contributed by atoms with E-state index in [4.69, 9.17) is 11.2 Å². The minimum absolute atomic E-state index is 0.163. The zero-order valence-electron chi connectivity index (χ0n) is 12.8. The van der Waals surface area contributed by atoms with E-state index in [9.17, 15) is 14.1 Å². The molecule has 0 saturated carbocycles. The van der Waals surface area contributed by atoms with E-state index in [1.807, 2.05) is 6.07 Å². The van der Waals surface area contributed by atoms with Crippen LogP contribution in [-0.2, 0) is 25.9 Å². The first-order valence-corrected chi connectivity index (χ1v) is 10.3. The van der Waals surface area contributed by atoms with Gasteiger partial charge in [0, 0.05) is 24.6 Å². The monoisotopic (exact) mass is 414 g/mol. The van der Waals surface area contributed by atoms with Crippen LogP contribution in [0, 0.1) is 0 Å². The average Bonchev–Trinajstić information content (AvgIpc) is 2.95. The van der Waals surface area contributed by atoms with Gasteiger partial charge in [0.1, 0.15) is 6.04 Å². The Morgan fingerprint density at radius 1 is 1.44 bits per heavy atom. The van der Waals surface area contributed by atoms with Crippen LogP contribution in [0.2, 0.25) is 0 Å². The Morgan fingerprint density at radius 2 is 2.20 bits per heavy atom. The zero-order chi connectivity index (χ0) is 18.1. The fraction of sp³-hybridized carbons (Fsp3) is 0.214. The molecule has 0 bridgehead atoms. The second-order valence-corrected chi connectivity index (χ2v) is 8.43. The normalized spacial score (nSPS) is 18.8. The molecule has 132 valence electrons. The van der Waals surface area contributed by atoms with Crippen LogP contribution in [0.4, 0.5) is 5.69 Å². The van der Waals surface area contributed by atoms with Crippen molar-refractivity contribution in [1.82, 2.24) is 13.3 Å². The maximum Gasteiger partial charge on any atom is 0.273 e. The van der Waals surface area contributed by atoms with Gasteiger partial charge < -0.3 is 9.45 Å². The van der Waals surface area contributed by atoms with Gasteiger partial charge in [-0.2, -0.15) is 3.71 Å². The third-order valence-electron chi connectivity index (χ3n) is 3.91. The molecule has 3 unspecified atom stereocenters. The highest BCUT2D eigenvalue weighted by Gasteiger charge is 2.37. The Morgan fingerprint density at radius 3 is 2.84 bits per heavy atom. The summed E-state index contributed by atoms with van der Waals surface area (Å²) in [4.78, 5) is 29.9. The summed E-state index contributed by atoms with van der Waals surface area (Å²) in [6.45, 7) is 0.503. The standard InChI is InChI=1S/C14H15N4O3PS3/c19-13-8-15-4-6-16(13)9-1-2-10(12(22)7-9)17-5-3-11(14(17)20)18(23)25(21)24/h1-2,4,6-8,11,23H,3,5,22H2,(H,21,24). The molecule has 2 heterocycles. The van der Waals surface area contributed by atoms with Gasteiger partial charge in [-0.1, -0.05) is 12.8 Å². The smallest absolute Gasteiger partial charge is 0.273 e. The molecule has 1 aliphatic rings. The lowest BCUT2D eigenvalue weighted by molar-refractivity contribution is -0.119. The Kier molecular flexibility index (Phi) is 5.67. The fourth-order valence-corrected chi connectivity index (χ4v) is 4.08. The summed E-state index contributed by atoms with van der Waals surface area (Å²) in [6, 6.07) is 4.82. The van der Waals surface area contributed by atoms with E-state index in [1.165, 1.54) is 20.7 Å². The number of benzene rings is 1. The Bertz CT molecular complexity index is 907. The van der Waals surface area contributed by atoms with Crippen LogP contribution in [0.1, 0.15) is 6.42 Å². The zero-order valence-corrected chi connectivity index (χ0v) is 16.5. The van der Waals surface area contributed by atoms with E-state index in [-0.39, 0.29) is 11.5 Å². The van der Waals surface area contributed by atoms with Crippen LogP contribution < -0.4 is 15.8 Å². The molecule has 1 fully saturated rings. The molecule has 7 nitrogen and oxygen atoms in total. The van der Waals surface area contributed by atoms with Crippen molar-refractivity contribution in [2.45, 2.75) is 12.5 Å². The number of rotatable bonds is 4. The maximum absolute atomic E-state index is 12.6. The van der Waals surface area contributed by atoms with Crippen LogP contribution in [0.3, 0.4) is 0 Å². The van der Waals surface area contributed by atoms with Crippen LogP contribution in [0.15, 0.2) is 41.6 Å². The van der Waals surface area contributed by atoms with Crippen molar-refractivity contribution in [3.8, 4) is 5.69 Å². The summed E-state index contributed by atoms with van der Waals surface area (Å²) in [6.07, 6.45) is 4.89. The Balaban J connectivity index is 1.90. The van der Waals surface area contributed by atoms with Crippen molar-refractivity contribution in [2.75, 3.05) is 11.4 Å². The number of thiol groups is 1. The van der Waals surface area contributed by atoms with Crippen molar-refractivity contribution in [1.29, 1.82) is 0 Å². The van der Waals surface area contributed by atoms with Crippen LogP contribution >= 0.6 is 22.1 Å². The molecule has 1 N–H and O–H groups in total. The number of aromatic nitrogens is 2.